The SMILES string of the molecule is Cc1ccc(F)c(NC(=O)Nc2ccc(-c3csc4c(-c5ccc6[nH]ccc6c5)cnc(N)c34)cc2)c1. The van der Waals surface area contributed by atoms with Crippen LogP contribution >= 0.6 is 11.3 Å². The number of aromatic amines is 1. The minimum absolute atomic E-state index is 0.133. The van der Waals surface area contributed by atoms with Gasteiger partial charge in [0.1, 0.15) is 11.6 Å². The molecular formula is C29H22FN5OS. The number of halogens is 1. The van der Waals surface area contributed by atoms with E-state index >= 15 is 0 Å². The van der Waals surface area contributed by atoms with E-state index < -0.39 is 11.8 Å². The van der Waals surface area contributed by atoms with Crippen molar-refractivity contribution in [2.45, 2.75) is 6.92 Å². The Labute approximate surface area is 216 Å². The average Bonchev–Trinajstić information content (AvgIpc) is 3.55. The van der Waals surface area contributed by atoms with Crippen LogP contribution in [0.2, 0.25) is 0 Å². The number of fused-ring (bicyclic) bond motifs is 2. The van der Waals surface area contributed by atoms with Crippen molar-refractivity contribution in [2.75, 3.05) is 16.4 Å². The number of urea groups is 1. The molecule has 0 atom stereocenters. The van der Waals surface area contributed by atoms with E-state index in [1.165, 1.54) is 6.07 Å². The highest BCUT2D eigenvalue weighted by Crippen LogP contribution is 2.42. The van der Waals surface area contributed by atoms with Crippen LogP contribution in [0.4, 0.5) is 26.4 Å². The Balaban J connectivity index is 1.28. The molecule has 0 aliphatic carbocycles. The lowest BCUT2D eigenvalue weighted by molar-refractivity contribution is 0.262. The molecule has 0 saturated carbocycles. The Morgan fingerprint density at radius 1 is 0.973 bits per heavy atom. The van der Waals surface area contributed by atoms with Gasteiger partial charge in [0.05, 0.1) is 5.69 Å². The highest BCUT2D eigenvalue weighted by Gasteiger charge is 2.16. The molecule has 6 rings (SSSR count). The van der Waals surface area contributed by atoms with Crippen molar-refractivity contribution in [3.05, 3.63) is 95.9 Å². The highest BCUT2D eigenvalue weighted by atomic mass is 32.1. The fraction of sp³-hybridized carbons (Fsp3) is 0.0345. The summed E-state index contributed by atoms with van der Waals surface area (Å²) >= 11 is 1.63. The molecule has 0 unspecified atom stereocenters. The van der Waals surface area contributed by atoms with E-state index in [0.717, 1.165) is 48.8 Å². The molecule has 3 heterocycles. The number of anilines is 3. The number of rotatable bonds is 4. The molecule has 8 heteroatoms. The number of carbonyl (C=O) groups excluding carboxylic acids is 1. The number of aromatic nitrogens is 2. The van der Waals surface area contributed by atoms with Gasteiger partial charge in [-0.3, -0.25) is 0 Å². The molecule has 0 radical (unpaired) electrons. The first-order valence-electron chi connectivity index (χ1n) is 11.6. The van der Waals surface area contributed by atoms with Gasteiger partial charge in [-0.2, -0.15) is 0 Å². The van der Waals surface area contributed by atoms with Gasteiger partial charge in [-0.15, -0.1) is 11.3 Å². The number of pyridine rings is 1. The van der Waals surface area contributed by atoms with Gasteiger partial charge in [0, 0.05) is 44.8 Å². The topological polar surface area (TPSA) is 95.8 Å². The number of nitrogens with two attached hydrogens (primary N) is 1. The summed E-state index contributed by atoms with van der Waals surface area (Å²) in [7, 11) is 0. The number of nitrogens with one attached hydrogen (secondary N) is 3. The molecule has 0 bridgehead atoms. The predicted octanol–water partition coefficient (Wildman–Crippen LogP) is 7.79. The first-order valence-corrected chi connectivity index (χ1v) is 12.5. The Morgan fingerprint density at radius 2 is 1.78 bits per heavy atom. The minimum Gasteiger partial charge on any atom is -0.383 e. The van der Waals surface area contributed by atoms with Crippen molar-refractivity contribution >= 4 is 55.5 Å². The van der Waals surface area contributed by atoms with Gasteiger partial charge in [0.2, 0.25) is 0 Å². The maximum absolute atomic E-state index is 14.0. The van der Waals surface area contributed by atoms with E-state index in [-0.39, 0.29) is 5.69 Å². The van der Waals surface area contributed by atoms with Crippen LogP contribution in [-0.2, 0) is 0 Å². The van der Waals surface area contributed by atoms with Gasteiger partial charge in [-0.1, -0.05) is 24.3 Å². The van der Waals surface area contributed by atoms with Crippen molar-refractivity contribution in [1.82, 2.24) is 9.97 Å². The Kier molecular flexibility index (Phi) is 5.58. The highest BCUT2D eigenvalue weighted by molar-refractivity contribution is 7.18. The second-order valence-corrected chi connectivity index (χ2v) is 9.71. The van der Waals surface area contributed by atoms with Crippen molar-refractivity contribution in [2.24, 2.45) is 0 Å². The molecular weight excluding hydrogens is 485 g/mol. The van der Waals surface area contributed by atoms with Crippen LogP contribution in [0, 0.1) is 12.7 Å². The smallest absolute Gasteiger partial charge is 0.323 e. The first kappa shape index (κ1) is 22.8. The Hall–Kier alpha value is -4.69. The summed E-state index contributed by atoms with van der Waals surface area (Å²) in [5.41, 5.74) is 13.0. The monoisotopic (exact) mass is 507 g/mol. The number of benzene rings is 3. The zero-order valence-corrected chi connectivity index (χ0v) is 20.6. The molecule has 0 fully saturated rings. The lowest BCUT2D eigenvalue weighted by atomic mass is 10.0. The van der Waals surface area contributed by atoms with E-state index in [0.29, 0.717) is 11.5 Å². The summed E-state index contributed by atoms with van der Waals surface area (Å²) in [6, 6.07) is 19.8. The summed E-state index contributed by atoms with van der Waals surface area (Å²) < 4.78 is 15.0. The van der Waals surface area contributed by atoms with Crippen molar-refractivity contribution in [1.29, 1.82) is 0 Å². The second kappa shape index (κ2) is 9.07. The number of aryl methyl sites for hydroxylation is 1. The van der Waals surface area contributed by atoms with Crippen LogP contribution in [0.25, 0.3) is 43.2 Å². The molecule has 182 valence electrons. The lowest BCUT2D eigenvalue weighted by Crippen LogP contribution is -2.20. The zero-order valence-electron chi connectivity index (χ0n) is 19.8. The van der Waals surface area contributed by atoms with E-state index in [2.05, 4.69) is 44.2 Å². The van der Waals surface area contributed by atoms with Crippen molar-refractivity contribution in [3.8, 4) is 22.3 Å². The van der Waals surface area contributed by atoms with Crippen LogP contribution < -0.4 is 16.4 Å². The fourth-order valence-electron chi connectivity index (χ4n) is 4.46. The standard InChI is InChI=1S/C29H22FN5OS/c1-16-2-8-23(30)25(12-16)35-29(36)34-20-6-3-17(4-7-20)22-15-37-27-21(14-33-28(31)26(22)27)18-5-9-24-19(13-18)10-11-32-24/h2-15,32H,1H3,(H2,31,33)(H2,34,35,36). The molecule has 0 saturated heterocycles. The van der Waals surface area contributed by atoms with Crippen molar-refractivity contribution < 1.29 is 9.18 Å². The zero-order chi connectivity index (χ0) is 25.5. The number of hydrogen-bond acceptors (Lipinski definition) is 4. The van der Waals surface area contributed by atoms with Crippen LogP contribution in [0.1, 0.15) is 5.56 Å². The van der Waals surface area contributed by atoms with Crippen molar-refractivity contribution in [3.63, 3.8) is 0 Å². The molecule has 0 aliphatic rings. The predicted molar refractivity (Wildman–Crippen MR) is 151 cm³/mol. The lowest BCUT2D eigenvalue weighted by Gasteiger charge is -2.10. The maximum Gasteiger partial charge on any atom is 0.323 e. The van der Waals surface area contributed by atoms with Crippen LogP contribution in [-0.4, -0.2) is 16.0 Å². The number of H-pyrrole nitrogens is 1. The van der Waals surface area contributed by atoms with E-state index in [1.807, 2.05) is 37.5 Å². The minimum atomic E-state index is -0.518. The number of hydrogen-bond donors (Lipinski definition) is 4. The Morgan fingerprint density at radius 3 is 2.62 bits per heavy atom. The summed E-state index contributed by atoms with van der Waals surface area (Å²) in [6.45, 7) is 1.83. The molecule has 37 heavy (non-hydrogen) atoms. The average molecular weight is 508 g/mol. The van der Waals surface area contributed by atoms with Gasteiger partial charge in [-0.05, 0) is 76.8 Å². The number of nitrogen functional groups attached to an aromatic ring is 1. The fourth-order valence-corrected chi connectivity index (χ4v) is 5.58. The quantitative estimate of drug-likeness (QED) is 0.196. The van der Waals surface area contributed by atoms with Crippen LogP contribution in [0.5, 0.6) is 0 Å². The molecule has 2 amide bonds. The normalized spacial score (nSPS) is 11.2. The third-order valence-corrected chi connectivity index (χ3v) is 7.33. The molecule has 0 aliphatic heterocycles. The van der Waals surface area contributed by atoms with Gasteiger partial charge >= 0.3 is 6.03 Å². The van der Waals surface area contributed by atoms with E-state index in [4.69, 9.17) is 5.73 Å². The molecule has 3 aromatic heterocycles. The number of carbonyl (C=O) groups is 1. The summed E-state index contributed by atoms with van der Waals surface area (Å²) in [6.07, 6.45) is 3.76. The van der Waals surface area contributed by atoms with Gasteiger partial charge in [0.25, 0.3) is 0 Å². The van der Waals surface area contributed by atoms with Gasteiger partial charge in [-0.25, -0.2) is 14.2 Å². The first-order chi connectivity index (χ1) is 18.0. The van der Waals surface area contributed by atoms with E-state index in [1.54, 1.807) is 35.6 Å². The number of nitrogens with zero attached hydrogens (tertiary/aromatic N) is 1. The summed E-state index contributed by atoms with van der Waals surface area (Å²) in [5.74, 6) is -0.0153. The molecule has 6 nitrogen and oxygen atoms in total. The number of amides is 2. The van der Waals surface area contributed by atoms with Crippen LogP contribution in [0.3, 0.4) is 0 Å². The molecule has 3 aromatic carbocycles. The molecule has 6 aromatic rings. The summed E-state index contributed by atoms with van der Waals surface area (Å²) in [5, 5.41) is 9.42. The number of thiophene rings is 1. The largest absolute Gasteiger partial charge is 0.383 e. The van der Waals surface area contributed by atoms with Gasteiger partial charge in [0.15, 0.2) is 0 Å². The third-order valence-electron chi connectivity index (χ3n) is 6.31. The second-order valence-electron chi connectivity index (χ2n) is 8.83. The van der Waals surface area contributed by atoms with E-state index in [9.17, 15) is 9.18 Å². The maximum atomic E-state index is 14.0. The summed E-state index contributed by atoms with van der Waals surface area (Å²) in [4.78, 5) is 20.1. The van der Waals surface area contributed by atoms with Crippen LogP contribution in [0.15, 0.2) is 84.5 Å². The third kappa shape index (κ3) is 4.28. The molecule has 5 N–H and O–H groups in total. The molecule has 0 spiro atoms. The van der Waals surface area contributed by atoms with Gasteiger partial charge < -0.3 is 21.4 Å². The Bertz CT molecular complexity index is 1790.